The monoisotopic (exact) mass is 253 g/mol. The topological polar surface area (TPSA) is 30.7 Å². The molecule has 0 atom stereocenters. The molecule has 19 heavy (non-hydrogen) atoms. The van der Waals surface area contributed by atoms with E-state index in [1.165, 1.54) is 6.07 Å². The molecule has 0 spiro atoms. The van der Waals surface area contributed by atoms with Gasteiger partial charge in [-0.25, -0.2) is 4.39 Å². The molecule has 0 saturated carbocycles. The summed E-state index contributed by atoms with van der Waals surface area (Å²) in [5.41, 5.74) is 3.09. The number of aromatic nitrogens is 3. The first-order valence-electron chi connectivity index (χ1n) is 5.94. The summed E-state index contributed by atoms with van der Waals surface area (Å²) in [7, 11) is 1.86. The van der Waals surface area contributed by atoms with Crippen molar-refractivity contribution >= 4 is 0 Å². The number of halogens is 1. The van der Waals surface area contributed by atoms with E-state index in [1.807, 2.05) is 25.4 Å². The van der Waals surface area contributed by atoms with Gasteiger partial charge < -0.3 is 0 Å². The van der Waals surface area contributed by atoms with Crippen molar-refractivity contribution in [3.8, 4) is 22.4 Å². The van der Waals surface area contributed by atoms with Crippen LogP contribution in [-0.4, -0.2) is 14.8 Å². The maximum Gasteiger partial charge on any atom is 0.132 e. The largest absolute Gasteiger partial charge is 0.275 e. The third kappa shape index (κ3) is 2.25. The Hall–Kier alpha value is -2.49. The fourth-order valence-electron chi connectivity index (χ4n) is 2.00. The summed E-state index contributed by atoms with van der Waals surface area (Å²) in [6.07, 6.45) is 5.38. The quantitative estimate of drug-likeness (QED) is 0.701. The molecule has 0 aliphatic heterocycles. The molecule has 0 fully saturated rings. The van der Waals surface area contributed by atoms with E-state index < -0.39 is 0 Å². The number of aryl methyl sites for hydroxylation is 1. The smallest absolute Gasteiger partial charge is 0.132 e. The van der Waals surface area contributed by atoms with Crippen molar-refractivity contribution in [3.05, 3.63) is 60.8 Å². The summed E-state index contributed by atoms with van der Waals surface area (Å²) >= 11 is 0. The highest BCUT2D eigenvalue weighted by Gasteiger charge is 2.07. The summed E-state index contributed by atoms with van der Waals surface area (Å²) < 4.78 is 15.5. The molecular formula is C15H12FN3. The first kappa shape index (κ1) is 11.6. The molecule has 2 aromatic heterocycles. The Bertz CT molecular complexity index is 719. The minimum absolute atomic E-state index is 0.265. The molecule has 1 aromatic carbocycles. The van der Waals surface area contributed by atoms with Crippen LogP contribution in [0.25, 0.3) is 22.4 Å². The standard InChI is InChI=1S/C15H12FN3/c1-19-10-12(9-18-19)11-6-7-17-15(8-11)13-4-2-3-5-14(13)16/h2-10H,1H3. The van der Waals surface area contributed by atoms with Crippen LogP contribution in [0.1, 0.15) is 0 Å². The van der Waals surface area contributed by atoms with E-state index in [9.17, 15) is 4.39 Å². The highest BCUT2D eigenvalue weighted by atomic mass is 19.1. The van der Waals surface area contributed by atoms with Gasteiger partial charge in [-0.2, -0.15) is 5.10 Å². The van der Waals surface area contributed by atoms with Crippen LogP contribution in [0.2, 0.25) is 0 Å². The van der Waals surface area contributed by atoms with E-state index in [1.54, 1.807) is 35.3 Å². The Morgan fingerprint density at radius 3 is 2.68 bits per heavy atom. The molecular weight excluding hydrogens is 241 g/mol. The van der Waals surface area contributed by atoms with Crippen LogP contribution in [0.5, 0.6) is 0 Å². The van der Waals surface area contributed by atoms with Crippen LogP contribution in [0, 0.1) is 5.82 Å². The molecule has 0 aliphatic carbocycles. The minimum Gasteiger partial charge on any atom is -0.275 e. The SMILES string of the molecule is Cn1cc(-c2ccnc(-c3ccccc3F)c2)cn1. The predicted molar refractivity (Wildman–Crippen MR) is 71.8 cm³/mol. The molecule has 2 heterocycles. The summed E-state index contributed by atoms with van der Waals surface area (Å²) in [6.45, 7) is 0. The maximum absolute atomic E-state index is 13.8. The van der Waals surface area contributed by atoms with E-state index in [2.05, 4.69) is 10.1 Å². The highest BCUT2D eigenvalue weighted by molar-refractivity contribution is 5.69. The summed E-state index contributed by atoms with van der Waals surface area (Å²) in [6, 6.07) is 10.4. The van der Waals surface area contributed by atoms with Crippen molar-refractivity contribution in [1.29, 1.82) is 0 Å². The Balaban J connectivity index is 2.08. The van der Waals surface area contributed by atoms with Gasteiger partial charge in [0.1, 0.15) is 5.82 Å². The molecule has 0 amide bonds. The van der Waals surface area contributed by atoms with E-state index in [-0.39, 0.29) is 5.82 Å². The van der Waals surface area contributed by atoms with E-state index in [0.717, 1.165) is 11.1 Å². The fourth-order valence-corrected chi connectivity index (χ4v) is 2.00. The zero-order chi connectivity index (χ0) is 13.2. The normalized spacial score (nSPS) is 10.6. The molecule has 0 unspecified atom stereocenters. The van der Waals surface area contributed by atoms with Gasteiger partial charge in [0.15, 0.2) is 0 Å². The van der Waals surface area contributed by atoms with Gasteiger partial charge in [-0.3, -0.25) is 9.67 Å². The maximum atomic E-state index is 13.8. The second kappa shape index (κ2) is 4.65. The second-order valence-corrected chi connectivity index (χ2v) is 4.31. The molecule has 0 saturated heterocycles. The highest BCUT2D eigenvalue weighted by Crippen LogP contribution is 2.25. The molecule has 3 nitrogen and oxygen atoms in total. The van der Waals surface area contributed by atoms with Crippen molar-refractivity contribution in [2.24, 2.45) is 7.05 Å². The van der Waals surface area contributed by atoms with Crippen LogP contribution in [0.3, 0.4) is 0 Å². The number of pyridine rings is 1. The second-order valence-electron chi connectivity index (χ2n) is 4.31. The lowest BCUT2D eigenvalue weighted by Gasteiger charge is -2.04. The molecule has 3 aromatic rings. The predicted octanol–water partition coefficient (Wildman–Crippen LogP) is 3.29. The number of hydrogen-bond acceptors (Lipinski definition) is 2. The minimum atomic E-state index is -0.265. The van der Waals surface area contributed by atoms with Crippen LogP contribution >= 0.6 is 0 Å². The van der Waals surface area contributed by atoms with Crippen molar-refractivity contribution in [3.63, 3.8) is 0 Å². The van der Waals surface area contributed by atoms with Gasteiger partial charge in [-0.1, -0.05) is 12.1 Å². The zero-order valence-electron chi connectivity index (χ0n) is 10.4. The lowest BCUT2D eigenvalue weighted by Crippen LogP contribution is -1.88. The van der Waals surface area contributed by atoms with Crippen molar-refractivity contribution in [1.82, 2.24) is 14.8 Å². The third-order valence-corrected chi connectivity index (χ3v) is 2.95. The van der Waals surface area contributed by atoms with Gasteiger partial charge in [-0.05, 0) is 29.8 Å². The van der Waals surface area contributed by atoms with E-state index in [0.29, 0.717) is 11.3 Å². The van der Waals surface area contributed by atoms with Gasteiger partial charge in [0, 0.05) is 30.6 Å². The molecule has 4 heteroatoms. The van der Waals surface area contributed by atoms with Gasteiger partial charge in [-0.15, -0.1) is 0 Å². The average Bonchev–Trinajstić information content (AvgIpc) is 2.86. The Kier molecular flexibility index (Phi) is 2.83. The fraction of sp³-hybridized carbons (Fsp3) is 0.0667. The molecule has 0 bridgehead atoms. The summed E-state index contributed by atoms with van der Waals surface area (Å²) in [4.78, 5) is 4.24. The van der Waals surface area contributed by atoms with Crippen molar-refractivity contribution in [2.45, 2.75) is 0 Å². The van der Waals surface area contributed by atoms with Crippen LogP contribution in [-0.2, 0) is 7.05 Å². The van der Waals surface area contributed by atoms with E-state index in [4.69, 9.17) is 0 Å². The van der Waals surface area contributed by atoms with Gasteiger partial charge in [0.05, 0.1) is 11.9 Å². The van der Waals surface area contributed by atoms with Gasteiger partial charge in [0.25, 0.3) is 0 Å². The lowest BCUT2D eigenvalue weighted by atomic mass is 10.1. The molecule has 0 N–H and O–H groups in total. The molecule has 94 valence electrons. The van der Waals surface area contributed by atoms with Gasteiger partial charge in [0.2, 0.25) is 0 Å². The Morgan fingerprint density at radius 1 is 1.11 bits per heavy atom. The Morgan fingerprint density at radius 2 is 1.95 bits per heavy atom. The van der Waals surface area contributed by atoms with E-state index >= 15 is 0 Å². The average molecular weight is 253 g/mol. The number of nitrogens with zero attached hydrogens (tertiary/aromatic N) is 3. The number of benzene rings is 1. The molecule has 0 radical (unpaired) electrons. The van der Waals surface area contributed by atoms with Gasteiger partial charge >= 0.3 is 0 Å². The number of hydrogen-bond donors (Lipinski definition) is 0. The zero-order valence-corrected chi connectivity index (χ0v) is 10.4. The molecule has 0 aliphatic rings. The third-order valence-electron chi connectivity index (χ3n) is 2.95. The lowest BCUT2D eigenvalue weighted by molar-refractivity contribution is 0.631. The summed E-state index contributed by atoms with van der Waals surface area (Å²) in [5, 5.41) is 4.14. The first-order chi connectivity index (χ1) is 9.24. The Labute approximate surface area is 110 Å². The van der Waals surface area contributed by atoms with Crippen LogP contribution in [0.15, 0.2) is 55.0 Å². The first-order valence-corrected chi connectivity index (χ1v) is 5.94. The summed E-state index contributed by atoms with van der Waals surface area (Å²) in [5.74, 6) is -0.265. The van der Waals surface area contributed by atoms with Crippen LogP contribution in [0.4, 0.5) is 4.39 Å². The van der Waals surface area contributed by atoms with Crippen molar-refractivity contribution in [2.75, 3.05) is 0 Å². The van der Waals surface area contributed by atoms with Crippen molar-refractivity contribution < 1.29 is 4.39 Å². The molecule has 3 rings (SSSR count). The van der Waals surface area contributed by atoms with Crippen LogP contribution < -0.4 is 0 Å². The number of rotatable bonds is 2.